The van der Waals surface area contributed by atoms with Crippen LogP contribution in [0, 0.1) is 11.6 Å². The van der Waals surface area contributed by atoms with E-state index in [2.05, 4.69) is 28.9 Å². The molecule has 0 saturated carbocycles. The predicted octanol–water partition coefficient (Wildman–Crippen LogP) is 6.20. The van der Waals surface area contributed by atoms with Gasteiger partial charge in [-0.2, -0.15) is 0 Å². The quantitative estimate of drug-likeness (QED) is 0.217. The van der Waals surface area contributed by atoms with Gasteiger partial charge in [0, 0.05) is 50.8 Å². The normalized spacial score (nSPS) is 19.0. The zero-order valence-corrected chi connectivity index (χ0v) is 27.8. The van der Waals surface area contributed by atoms with Crippen LogP contribution in [0.15, 0.2) is 72.8 Å². The van der Waals surface area contributed by atoms with Crippen LogP contribution in [0.5, 0.6) is 11.5 Å². The third-order valence-corrected chi connectivity index (χ3v) is 9.59. The predicted molar refractivity (Wildman–Crippen MR) is 180 cm³/mol. The van der Waals surface area contributed by atoms with Crippen molar-refractivity contribution in [2.45, 2.75) is 50.5 Å². The number of aliphatic carboxylic acids is 2. The molecular formula is C38H44F2N2O7. The number of carbonyl (C=O) groups is 2. The van der Waals surface area contributed by atoms with E-state index in [0.717, 1.165) is 101 Å². The number of hydrogen-bond donors (Lipinski definition) is 2. The van der Waals surface area contributed by atoms with Crippen molar-refractivity contribution in [1.29, 1.82) is 0 Å². The van der Waals surface area contributed by atoms with E-state index < -0.39 is 11.9 Å². The van der Waals surface area contributed by atoms with Crippen molar-refractivity contribution >= 4 is 11.9 Å². The molecule has 49 heavy (non-hydrogen) atoms. The van der Waals surface area contributed by atoms with Gasteiger partial charge in [0.2, 0.25) is 6.79 Å². The molecular weight excluding hydrogens is 634 g/mol. The summed E-state index contributed by atoms with van der Waals surface area (Å²) in [5, 5.41) is 15.6. The second-order valence-corrected chi connectivity index (χ2v) is 12.5. The van der Waals surface area contributed by atoms with Gasteiger partial charge in [-0.3, -0.25) is 0 Å². The van der Waals surface area contributed by atoms with E-state index >= 15 is 0 Å². The van der Waals surface area contributed by atoms with Crippen LogP contribution >= 0.6 is 0 Å². The molecule has 3 aromatic carbocycles. The minimum atomic E-state index is -1.26. The molecule has 0 radical (unpaired) electrons. The topological polar surface area (TPSA) is 109 Å². The van der Waals surface area contributed by atoms with Gasteiger partial charge >= 0.3 is 11.9 Å². The van der Waals surface area contributed by atoms with Crippen molar-refractivity contribution in [2.75, 3.05) is 52.7 Å². The smallest absolute Gasteiger partial charge is 0.328 e. The standard InChI is InChI=1S/C34H40F2N2O3.C4H4O4/c1-2-34(31-23-33-32(39-24-40-33)22-27(31)13-21-41-34)14-16-38-19-17-37(18-20-38)15-3-4-30(25-5-9-28(35)10-6-25)26-7-11-29(36)12-8-26;5-3(6)1-2-4(7)8/h5-12,22-23,30H,2-4,13-21,24H2,1H3;1-2H,(H,5,6)(H,7,8)/b;2-1-. The minimum Gasteiger partial charge on any atom is -0.478 e. The summed E-state index contributed by atoms with van der Waals surface area (Å²) in [5.74, 6) is -1.17. The Balaban J connectivity index is 0.000000523. The SMILES string of the molecule is CCC1(CCN2CCN(CCCC(c3ccc(F)cc3)c3ccc(F)cc3)CC2)OCCc2cc3c(cc21)OCO3.O=C(O)/C=C\C(=O)O. The Labute approximate surface area is 285 Å². The van der Waals surface area contributed by atoms with Crippen LogP contribution in [0.25, 0.3) is 0 Å². The molecule has 3 aromatic rings. The number of piperazine rings is 1. The number of fused-ring (bicyclic) bond motifs is 2. The van der Waals surface area contributed by atoms with Crippen molar-refractivity contribution in [1.82, 2.24) is 9.80 Å². The van der Waals surface area contributed by atoms with Crippen LogP contribution in [-0.2, 0) is 26.3 Å². The van der Waals surface area contributed by atoms with Gasteiger partial charge in [-0.05, 0) is 97.3 Å². The molecule has 1 saturated heterocycles. The third-order valence-electron chi connectivity index (χ3n) is 9.59. The van der Waals surface area contributed by atoms with E-state index in [0.29, 0.717) is 18.9 Å². The lowest BCUT2D eigenvalue weighted by molar-refractivity contribution is -0.134. The van der Waals surface area contributed by atoms with E-state index in [1.807, 2.05) is 24.3 Å². The number of ether oxygens (including phenoxy) is 3. The Morgan fingerprint density at radius 2 is 1.37 bits per heavy atom. The van der Waals surface area contributed by atoms with Gasteiger partial charge in [0.15, 0.2) is 11.5 Å². The Morgan fingerprint density at radius 1 is 0.837 bits per heavy atom. The van der Waals surface area contributed by atoms with E-state index in [1.165, 1.54) is 35.4 Å². The van der Waals surface area contributed by atoms with Gasteiger partial charge < -0.3 is 34.2 Å². The summed E-state index contributed by atoms with van der Waals surface area (Å²) in [6.07, 6.45) is 5.89. The van der Waals surface area contributed by atoms with Crippen molar-refractivity contribution in [3.05, 3.63) is 107 Å². The number of carboxylic acid groups (broad SMARTS) is 2. The molecule has 0 aliphatic carbocycles. The number of benzene rings is 3. The number of rotatable bonds is 12. The van der Waals surface area contributed by atoms with Gasteiger partial charge in [-0.1, -0.05) is 31.2 Å². The third kappa shape index (κ3) is 9.65. The first-order valence-corrected chi connectivity index (χ1v) is 16.8. The summed E-state index contributed by atoms with van der Waals surface area (Å²) < 4.78 is 45.0. The molecule has 0 bridgehead atoms. The lowest BCUT2D eigenvalue weighted by Crippen LogP contribution is -2.48. The van der Waals surface area contributed by atoms with E-state index in [9.17, 15) is 18.4 Å². The summed E-state index contributed by atoms with van der Waals surface area (Å²) in [5.41, 5.74) is 4.46. The molecule has 2 N–H and O–H groups in total. The fourth-order valence-corrected chi connectivity index (χ4v) is 6.88. The number of nitrogens with zero attached hydrogens (tertiary/aromatic N) is 2. The highest BCUT2D eigenvalue weighted by atomic mass is 19.1. The Hall–Kier alpha value is -4.32. The molecule has 262 valence electrons. The Bertz CT molecular complexity index is 1530. The van der Waals surface area contributed by atoms with E-state index in [-0.39, 0.29) is 23.2 Å². The monoisotopic (exact) mass is 678 g/mol. The number of halogens is 2. The van der Waals surface area contributed by atoms with Gasteiger partial charge in [-0.15, -0.1) is 0 Å². The number of carboxylic acids is 2. The average molecular weight is 679 g/mol. The largest absolute Gasteiger partial charge is 0.478 e. The Morgan fingerprint density at radius 3 is 1.90 bits per heavy atom. The van der Waals surface area contributed by atoms with Crippen LogP contribution in [0.4, 0.5) is 8.78 Å². The van der Waals surface area contributed by atoms with Gasteiger partial charge in [0.25, 0.3) is 0 Å². The summed E-state index contributed by atoms with van der Waals surface area (Å²) in [7, 11) is 0. The molecule has 0 aromatic heterocycles. The minimum absolute atomic E-state index is 0.124. The molecule has 1 unspecified atom stereocenters. The highest BCUT2D eigenvalue weighted by Crippen LogP contribution is 2.45. The first kappa shape index (κ1) is 36.0. The average Bonchev–Trinajstić information content (AvgIpc) is 3.57. The molecule has 3 heterocycles. The van der Waals surface area contributed by atoms with Crippen LogP contribution < -0.4 is 9.47 Å². The van der Waals surface area contributed by atoms with Crippen LogP contribution in [0.3, 0.4) is 0 Å². The van der Waals surface area contributed by atoms with Crippen LogP contribution in [-0.4, -0.2) is 84.6 Å². The summed E-state index contributed by atoms with van der Waals surface area (Å²) in [6.45, 7) is 9.48. The maximum atomic E-state index is 13.6. The maximum absolute atomic E-state index is 13.6. The van der Waals surface area contributed by atoms with Gasteiger partial charge in [0.05, 0.1) is 12.2 Å². The van der Waals surface area contributed by atoms with Crippen molar-refractivity contribution in [2.24, 2.45) is 0 Å². The zero-order valence-electron chi connectivity index (χ0n) is 27.8. The molecule has 3 aliphatic rings. The first-order valence-electron chi connectivity index (χ1n) is 16.8. The van der Waals surface area contributed by atoms with Crippen LogP contribution in [0.2, 0.25) is 0 Å². The van der Waals surface area contributed by atoms with Crippen LogP contribution in [0.1, 0.15) is 60.8 Å². The fourth-order valence-electron chi connectivity index (χ4n) is 6.88. The van der Waals surface area contributed by atoms with E-state index in [4.69, 9.17) is 24.4 Å². The molecule has 1 fully saturated rings. The second kappa shape index (κ2) is 16.9. The van der Waals surface area contributed by atoms with Crippen molar-refractivity contribution < 1.29 is 42.8 Å². The molecule has 9 nitrogen and oxygen atoms in total. The van der Waals surface area contributed by atoms with Crippen molar-refractivity contribution in [3.8, 4) is 11.5 Å². The molecule has 0 spiro atoms. The van der Waals surface area contributed by atoms with Crippen molar-refractivity contribution in [3.63, 3.8) is 0 Å². The maximum Gasteiger partial charge on any atom is 0.328 e. The zero-order chi connectivity index (χ0) is 34.8. The van der Waals surface area contributed by atoms with Gasteiger partial charge in [0.1, 0.15) is 11.6 Å². The summed E-state index contributed by atoms with van der Waals surface area (Å²) in [4.78, 5) is 24.2. The lowest BCUT2D eigenvalue weighted by Gasteiger charge is -2.41. The summed E-state index contributed by atoms with van der Waals surface area (Å²) in [6, 6.07) is 17.8. The highest BCUT2D eigenvalue weighted by molar-refractivity contribution is 5.89. The van der Waals surface area contributed by atoms with Gasteiger partial charge in [-0.25, -0.2) is 18.4 Å². The number of hydrogen-bond acceptors (Lipinski definition) is 7. The molecule has 6 rings (SSSR count). The lowest BCUT2D eigenvalue weighted by atomic mass is 9.81. The molecule has 11 heteroatoms. The fraction of sp³-hybridized carbons (Fsp3) is 0.421. The van der Waals surface area contributed by atoms with E-state index in [1.54, 1.807) is 0 Å². The highest BCUT2D eigenvalue weighted by Gasteiger charge is 2.38. The second-order valence-electron chi connectivity index (χ2n) is 12.5. The molecule has 1 atom stereocenters. The first-order chi connectivity index (χ1) is 23.7. The summed E-state index contributed by atoms with van der Waals surface area (Å²) >= 11 is 0. The Kier molecular flexibility index (Phi) is 12.4. The molecule has 3 aliphatic heterocycles. The molecule has 0 amide bonds.